The first kappa shape index (κ1) is 77.4. The van der Waals surface area contributed by atoms with Crippen molar-refractivity contribution in [3.8, 4) is 67.9 Å². The number of methoxy groups -OCH3 is 3. The van der Waals surface area contributed by atoms with Crippen LogP contribution >= 0.6 is 15.9 Å². The van der Waals surface area contributed by atoms with Crippen LogP contribution < -0.4 is 39.6 Å². The first-order valence-corrected chi connectivity index (χ1v) is 31.5. The Morgan fingerprint density at radius 2 is 0.780 bits per heavy atom. The number of nitrogens with one attached hydrogen (secondary N) is 3. The molecule has 3 aromatic heterocycles. The molecule has 91 heavy (non-hydrogen) atoms. The molecule has 0 saturated heterocycles. The summed E-state index contributed by atoms with van der Waals surface area (Å²) in [6.07, 6.45) is 1.93. The summed E-state index contributed by atoms with van der Waals surface area (Å²) in [5.74, 6) is 3.67. The molecule has 3 aromatic carbocycles. The lowest BCUT2D eigenvalue weighted by Gasteiger charge is -2.19. The molecule has 0 fully saturated rings. The Morgan fingerprint density at radius 3 is 1.10 bits per heavy atom. The van der Waals surface area contributed by atoms with Crippen LogP contribution in [0.1, 0.15) is 139 Å². The number of ether oxygens (including phenoxy) is 8. The maximum absolute atomic E-state index is 11.7. The summed E-state index contributed by atoms with van der Waals surface area (Å²) in [7, 11) is 4.86. The molecule has 3 amide bonds. The van der Waals surface area contributed by atoms with Gasteiger partial charge in [-0.05, 0) is 218 Å². The van der Waals surface area contributed by atoms with Crippen molar-refractivity contribution in [3.05, 3.63) is 124 Å². The van der Waals surface area contributed by atoms with Crippen LogP contribution in [0.4, 0.5) is 14.4 Å². The number of aliphatic hydroxyl groups is 2. The van der Waals surface area contributed by atoms with Gasteiger partial charge in [0, 0.05) is 82.6 Å². The number of pyridine rings is 3. The number of benzene rings is 3. The Hall–Kier alpha value is -7.88. The summed E-state index contributed by atoms with van der Waals surface area (Å²) in [5, 5.41) is 37.3. The lowest BCUT2D eigenvalue weighted by molar-refractivity contribution is 0.0513. The third-order valence-corrected chi connectivity index (χ3v) is 13.1. The maximum atomic E-state index is 11.7. The van der Waals surface area contributed by atoms with Crippen molar-refractivity contribution in [2.45, 2.75) is 166 Å². The number of alkyl halides is 1. The van der Waals surface area contributed by atoms with Crippen LogP contribution in [0.25, 0.3) is 33.4 Å². The largest absolute Gasteiger partial charge is 0.508 e. The van der Waals surface area contributed by atoms with Crippen LogP contribution in [-0.4, -0.2) is 125 Å². The molecular weight excluding hydrogens is 1230 g/mol. The predicted octanol–water partition coefficient (Wildman–Crippen LogP) is 14.3. The molecule has 0 atom stereocenters. The Kier molecular flexibility index (Phi) is 31.8. The average Bonchev–Trinajstić information content (AvgIpc) is 0.894. The predicted molar refractivity (Wildman–Crippen MR) is 361 cm³/mol. The van der Waals surface area contributed by atoms with E-state index in [9.17, 15) is 29.7 Å². The minimum absolute atomic E-state index is 0.103. The quantitative estimate of drug-likeness (QED) is 0.0210. The van der Waals surface area contributed by atoms with E-state index in [1.165, 1.54) is 0 Å². The minimum Gasteiger partial charge on any atom is -0.508 e. The number of aromatic hydroxyl groups is 1. The maximum Gasteiger partial charge on any atom is 0.407 e. The molecule has 0 spiro atoms. The molecule has 3 heterocycles. The minimum atomic E-state index is -0.512. The van der Waals surface area contributed by atoms with Crippen molar-refractivity contribution in [2.75, 3.05) is 59.5 Å². The van der Waals surface area contributed by atoms with Crippen molar-refractivity contribution in [2.24, 2.45) is 0 Å². The Bertz CT molecular complexity index is 3160. The van der Waals surface area contributed by atoms with E-state index in [4.69, 9.17) is 37.9 Å². The molecule has 6 N–H and O–H groups in total. The number of alkyl carbamates (subject to hydrolysis) is 3. The fourth-order valence-corrected chi connectivity index (χ4v) is 9.32. The summed E-state index contributed by atoms with van der Waals surface area (Å²) in [5.41, 5.74) is 12.4. The molecule has 0 aliphatic heterocycles. The number of nitrogens with zero attached hydrogens (tertiary/aromatic N) is 3. The number of hydrogen-bond acceptors (Lipinski definition) is 17. The highest BCUT2D eigenvalue weighted by atomic mass is 79.9. The van der Waals surface area contributed by atoms with Crippen LogP contribution in [-0.2, 0) is 33.8 Å². The number of amides is 3. The molecular formula is C70H99BrN6O14. The molecule has 0 saturated carbocycles. The van der Waals surface area contributed by atoms with Gasteiger partial charge in [-0.1, -0.05) is 22.9 Å². The van der Waals surface area contributed by atoms with E-state index in [-0.39, 0.29) is 25.1 Å². The average molecular weight is 1330 g/mol. The number of hydrogen-bond donors (Lipinski definition) is 6. The van der Waals surface area contributed by atoms with E-state index < -0.39 is 29.0 Å². The SMILES string of the molecule is CC(C)(C)OC(=O)NCCCBr.CCc1cc(-c2c(C)cc(OCCCNC(=O)OC(C)(C)C)cc2OC)cc(C)n1.COc1cc(O)cc(C)c1-c1cc(C)nc(CO)c1.COc1cc(OCCCNC(=O)OC(C)(C)C)cc(C)c1-c1cc(C)nc(CO)c1. The molecule has 0 aliphatic carbocycles. The third-order valence-electron chi connectivity index (χ3n) is 12.6. The monoisotopic (exact) mass is 1330 g/mol. The third kappa shape index (κ3) is 28.5. The van der Waals surface area contributed by atoms with Gasteiger partial charge in [0.05, 0.1) is 59.1 Å². The molecule has 6 aromatic rings. The number of rotatable bonds is 22. The number of aliphatic hydroxyl groups excluding tert-OH is 2. The zero-order chi connectivity index (χ0) is 68.2. The van der Waals surface area contributed by atoms with E-state index in [2.05, 4.69) is 72.8 Å². The Morgan fingerprint density at radius 1 is 0.462 bits per heavy atom. The lowest BCUT2D eigenvalue weighted by Crippen LogP contribution is -2.33. The van der Waals surface area contributed by atoms with Gasteiger partial charge in [0.2, 0.25) is 0 Å². The van der Waals surface area contributed by atoms with E-state index in [0.29, 0.717) is 74.3 Å². The molecule has 6 rings (SSSR count). The normalized spacial score (nSPS) is 11.0. The van der Waals surface area contributed by atoms with Gasteiger partial charge in [-0.15, -0.1) is 0 Å². The molecule has 0 aliphatic rings. The summed E-state index contributed by atoms with van der Waals surface area (Å²) in [6, 6.07) is 22.8. The van der Waals surface area contributed by atoms with Gasteiger partial charge in [0.25, 0.3) is 0 Å². The van der Waals surface area contributed by atoms with Crippen molar-refractivity contribution in [1.29, 1.82) is 0 Å². The highest BCUT2D eigenvalue weighted by molar-refractivity contribution is 9.09. The number of aromatic nitrogens is 3. The van der Waals surface area contributed by atoms with Gasteiger partial charge in [-0.3, -0.25) is 15.0 Å². The lowest BCUT2D eigenvalue weighted by atomic mass is 9.98. The summed E-state index contributed by atoms with van der Waals surface area (Å²) >= 11 is 3.27. The van der Waals surface area contributed by atoms with Crippen molar-refractivity contribution in [1.82, 2.24) is 30.9 Å². The summed E-state index contributed by atoms with van der Waals surface area (Å²) in [4.78, 5) is 47.4. The summed E-state index contributed by atoms with van der Waals surface area (Å²) in [6.45, 7) is 32.7. The molecule has 500 valence electrons. The van der Waals surface area contributed by atoms with Crippen LogP contribution in [0, 0.1) is 41.5 Å². The number of carbonyl (C=O) groups excluding carboxylic acids is 3. The first-order chi connectivity index (χ1) is 42.7. The van der Waals surface area contributed by atoms with E-state index in [1.54, 1.807) is 33.5 Å². The number of aryl methyl sites for hydroxylation is 7. The number of phenolic OH excluding ortho intramolecular Hbond substituents is 1. The smallest absolute Gasteiger partial charge is 0.407 e. The fourth-order valence-electron chi connectivity index (χ4n) is 9.03. The zero-order valence-electron chi connectivity index (χ0n) is 57.0. The van der Waals surface area contributed by atoms with Gasteiger partial charge >= 0.3 is 18.3 Å². The fraction of sp³-hybridized carbons (Fsp3) is 0.486. The molecule has 20 nitrogen and oxygen atoms in total. The second-order valence-electron chi connectivity index (χ2n) is 24.3. The zero-order valence-corrected chi connectivity index (χ0v) is 58.6. The molecule has 0 bridgehead atoms. The number of halogens is 1. The topological polar surface area (TPSA) is 260 Å². The van der Waals surface area contributed by atoms with Crippen LogP contribution in [0.15, 0.2) is 72.8 Å². The highest BCUT2D eigenvalue weighted by Gasteiger charge is 2.20. The second kappa shape index (κ2) is 37.5. The molecule has 0 radical (unpaired) electrons. The second-order valence-corrected chi connectivity index (χ2v) is 25.1. The number of carbonyl (C=O) groups is 3. The van der Waals surface area contributed by atoms with E-state index >= 15 is 0 Å². The van der Waals surface area contributed by atoms with Crippen LogP contribution in [0.3, 0.4) is 0 Å². The van der Waals surface area contributed by atoms with Gasteiger partial charge in [0.1, 0.15) is 51.3 Å². The number of phenols is 1. The van der Waals surface area contributed by atoms with E-state index in [0.717, 1.165) is 103 Å². The standard InChI is InChI=1S/C24H34N2O4.C23H32N2O5.C15H17NO3.C8H16BrNO2/c1-8-19-14-18(13-17(3)26-19)22-16(2)12-20(15-21(22)28-7)29-11-9-10-25-23(27)30-24(4,5)6;1-15-10-19(29-9-7-8-24-22(27)30-23(3,4)5)13-20(28-6)21(15)17-11-16(2)25-18(12-17)14-26;1-9-4-13(18)7-14(19-3)15(9)11-5-10(2)16-12(6-11)8-17;1-8(2,3)12-7(11)10-6-4-5-9/h12-15H,8-11H2,1-7H3,(H,25,27);10-13,26H,7-9,14H2,1-6H3,(H,24,27);4-7,17-18H,8H2,1-3H3;4-6H2,1-3H3,(H,10,11). The van der Waals surface area contributed by atoms with Crippen molar-refractivity contribution < 1.29 is 67.6 Å². The molecule has 21 heteroatoms. The van der Waals surface area contributed by atoms with Crippen molar-refractivity contribution in [3.63, 3.8) is 0 Å². The molecule has 0 unspecified atom stereocenters. The van der Waals surface area contributed by atoms with Crippen molar-refractivity contribution >= 4 is 34.2 Å². The van der Waals surface area contributed by atoms with Gasteiger partial charge in [0.15, 0.2) is 0 Å². The Labute approximate surface area is 547 Å². The van der Waals surface area contributed by atoms with Gasteiger partial charge in [-0.25, -0.2) is 14.4 Å². The van der Waals surface area contributed by atoms with E-state index in [1.807, 2.05) is 145 Å². The summed E-state index contributed by atoms with van der Waals surface area (Å²) < 4.78 is 43.8. The van der Waals surface area contributed by atoms with Gasteiger partial charge < -0.3 is 69.2 Å². The Balaban J connectivity index is 0.000000333. The van der Waals surface area contributed by atoms with Crippen LogP contribution in [0.5, 0.6) is 34.5 Å². The van der Waals surface area contributed by atoms with Crippen LogP contribution in [0.2, 0.25) is 0 Å². The van der Waals surface area contributed by atoms with Gasteiger partial charge in [-0.2, -0.15) is 0 Å². The first-order valence-electron chi connectivity index (χ1n) is 30.4. The highest BCUT2D eigenvalue weighted by Crippen LogP contribution is 2.40.